The van der Waals surface area contributed by atoms with Gasteiger partial charge in [0.2, 0.25) is 0 Å². The third-order valence-electron chi connectivity index (χ3n) is 4.04. The summed E-state index contributed by atoms with van der Waals surface area (Å²) < 4.78 is 1.56. The molecule has 19 heavy (non-hydrogen) atoms. The van der Waals surface area contributed by atoms with Gasteiger partial charge in [-0.15, -0.1) is 0 Å². The molecule has 1 aliphatic carbocycles. The summed E-state index contributed by atoms with van der Waals surface area (Å²) >= 11 is 0. The van der Waals surface area contributed by atoms with E-state index in [-0.39, 0.29) is 5.56 Å². The summed E-state index contributed by atoms with van der Waals surface area (Å²) in [4.78, 5) is 16.4. The Morgan fingerprint density at radius 2 is 2.26 bits per heavy atom. The van der Waals surface area contributed by atoms with Crippen LogP contribution in [0.1, 0.15) is 26.0 Å². The van der Waals surface area contributed by atoms with Gasteiger partial charge in [0.1, 0.15) is 5.65 Å². The minimum Gasteiger partial charge on any atom is -0.311 e. The van der Waals surface area contributed by atoms with Gasteiger partial charge in [0.25, 0.3) is 5.56 Å². The zero-order valence-corrected chi connectivity index (χ0v) is 11.4. The maximum absolute atomic E-state index is 11.9. The Bertz CT molecular complexity index is 660. The van der Waals surface area contributed by atoms with E-state index < -0.39 is 0 Å². The maximum atomic E-state index is 11.9. The average Bonchev–Trinajstić information content (AvgIpc) is 2.97. The molecule has 1 N–H and O–H groups in total. The Morgan fingerprint density at radius 3 is 3.00 bits per heavy atom. The first kappa shape index (κ1) is 12.4. The number of hydrogen-bond acceptors (Lipinski definition) is 3. The van der Waals surface area contributed by atoms with Gasteiger partial charge in [0.15, 0.2) is 0 Å². The van der Waals surface area contributed by atoms with Crippen molar-refractivity contribution >= 4 is 5.65 Å². The second-order valence-corrected chi connectivity index (χ2v) is 6.04. The molecule has 1 aliphatic rings. The summed E-state index contributed by atoms with van der Waals surface area (Å²) in [5.74, 6) is 0.758. The monoisotopic (exact) mass is 257 g/mol. The number of aromatic nitrogens is 2. The summed E-state index contributed by atoms with van der Waals surface area (Å²) in [5, 5.41) is 3.40. The third-order valence-corrected chi connectivity index (χ3v) is 4.04. The fourth-order valence-corrected chi connectivity index (χ4v) is 2.49. The van der Waals surface area contributed by atoms with Gasteiger partial charge >= 0.3 is 0 Å². The van der Waals surface area contributed by atoms with Crippen LogP contribution in [0.4, 0.5) is 0 Å². The minimum absolute atomic E-state index is 0.0193. The van der Waals surface area contributed by atoms with Crippen molar-refractivity contribution in [3.8, 4) is 0 Å². The molecule has 0 aromatic carbocycles. The molecule has 3 rings (SSSR count). The number of nitrogens with one attached hydrogen (secondary N) is 1. The zero-order chi connectivity index (χ0) is 13.5. The molecule has 4 nitrogen and oxygen atoms in total. The second kappa shape index (κ2) is 4.46. The van der Waals surface area contributed by atoms with Crippen molar-refractivity contribution in [2.45, 2.75) is 26.8 Å². The molecule has 0 radical (unpaired) electrons. The molecule has 1 fully saturated rings. The SMILES string of the molecule is CC1(C)CC1CNCc1cc(=O)n2ccccc2n1. The highest BCUT2D eigenvalue weighted by molar-refractivity contribution is 5.37. The van der Waals surface area contributed by atoms with Crippen LogP contribution in [0.5, 0.6) is 0 Å². The van der Waals surface area contributed by atoms with Crippen molar-refractivity contribution in [2.24, 2.45) is 11.3 Å². The summed E-state index contributed by atoms with van der Waals surface area (Å²) in [5.41, 5.74) is 1.99. The highest BCUT2D eigenvalue weighted by Crippen LogP contribution is 2.50. The van der Waals surface area contributed by atoms with E-state index in [0.29, 0.717) is 17.6 Å². The molecular weight excluding hydrogens is 238 g/mol. The normalized spacial score (nSPS) is 20.6. The zero-order valence-electron chi connectivity index (χ0n) is 11.4. The summed E-state index contributed by atoms with van der Waals surface area (Å²) in [7, 11) is 0. The van der Waals surface area contributed by atoms with Crippen molar-refractivity contribution in [2.75, 3.05) is 6.54 Å². The van der Waals surface area contributed by atoms with Crippen LogP contribution in [-0.4, -0.2) is 15.9 Å². The first-order valence-electron chi connectivity index (χ1n) is 6.74. The topological polar surface area (TPSA) is 46.4 Å². The van der Waals surface area contributed by atoms with Crippen LogP contribution in [0, 0.1) is 11.3 Å². The quantitative estimate of drug-likeness (QED) is 0.909. The fraction of sp³-hybridized carbons (Fsp3) is 0.467. The highest BCUT2D eigenvalue weighted by atomic mass is 16.1. The van der Waals surface area contributed by atoms with Crippen LogP contribution in [0.3, 0.4) is 0 Å². The molecule has 0 bridgehead atoms. The van der Waals surface area contributed by atoms with Crippen molar-refractivity contribution in [1.82, 2.24) is 14.7 Å². The van der Waals surface area contributed by atoms with Gasteiger partial charge in [-0.1, -0.05) is 19.9 Å². The third kappa shape index (κ3) is 2.54. The van der Waals surface area contributed by atoms with Crippen LogP contribution in [0.2, 0.25) is 0 Å². The van der Waals surface area contributed by atoms with Crippen LogP contribution < -0.4 is 10.9 Å². The van der Waals surface area contributed by atoms with Crippen molar-refractivity contribution < 1.29 is 0 Å². The molecule has 0 amide bonds. The Hall–Kier alpha value is -1.68. The van der Waals surface area contributed by atoms with Gasteiger partial charge in [-0.25, -0.2) is 4.98 Å². The Kier molecular flexibility index (Phi) is 2.90. The van der Waals surface area contributed by atoms with Gasteiger partial charge in [-0.05, 0) is 36.4 Å². The smallest absolute Gasteiger partial charge is 0.258 e. The number of nitrogens with zero attached hydrogens (tertiary/aromatic N) is 2. The van der Waals surface area contributed by atoms with Gasteiger partial charge in [0.05, 0.1) is 5.69 Å². The Balaban J connectivity index is 1.70. The molecule has 100 valence electrons. The van der Waals surface area contributed by atoms with Gasteiger partial charge < -0.3 is 5.32 Å². The fourth-order valence-electron chi connectivity index (χ4n) is 2.49. The Morgan fingerprint density at radius 1 is 1.47 bits per heavy atom. The van der Waals surface area contributed by atoms with E-state index in [1.165, 1.54) is 6.42 Å². The Labute approximate surface area is 112 Å². The molecule has 2 aromatic rings. The largest absolute Gasteiger partial charge is 0.311 e. The van der Waals surface area contributed by atoms with E-state index in [2.05, 4.69) is 24.1 Å². The van der Waals surface area contributed by atoms with E-state index in [4.69, 9.17) is 0 Å². The van der Waals surface area contributed by atoms with Crippen molar-refractivity contribution in [3.63, 3.8) is 0 Å². The van der Waals surface area contributed by atoms with Crippen LogP contribution >= 0.6 is 0 Å². The van der Waals surface area contributed by atoms with Crippen molar-refractivity contribution in [3.05, 3.63) is 46.5 Å². The molecule has 4 heteroatoms. The number of fused-ring (bicyclic) bond motifs is 1. The highest BCUT2D eigenvalue weighted by Gasteiger charge is 2.44. The summed E-state index contributed by atoms with van der Waals surface area (Å²) in [6.07, 6.45) is 3.03. The standard InChI is InChI=1S/C15H19N3O/c1-15(2)8-11(15)9-16-10-12-7-14(19)18-6-4-3-5-13(18)17-12/h3-7,11,16H,8-10H2,1-2H3. The lowest BCUT2D eigenvalue weighted by molar-refractivity contribution is 0.517. The van der Waals surface area contributed by atoms with Crippen LogP contribution in [0.25, 0.3) is 5.65 Å². The molecule has 1 atom stereocenters. The predicted octanol–water partition coefficient (Wildman–Crippen LogP) is 1.83. The van der Waals surface area contributed by atoms with E-state index in [0.717, 1.165) is 18.2 Å². The van der Waals surface area contributed by atoms with E-state index in [9.17, 15) is 4.79 Å². The predicted molar refractivity (Wildman–Crippen MR) is 75.1 cm³/mol. The van der Waals surface area contributed by atoms with Crippen LogP contribution in [-0.2, 0) is 6.54 Å². The first-order chi connectivity index (χ1) is 9.06. The lowest BCUT2D eigenvalue weighted by atomic mass is 10.1. The molecule has 1 unspecified atom stereocenters. The summed E-state index contributed by atoms with van der Waals surface area (Å²) in [6, 6.07) is 7.20. The summed E-state index contributed by atoms with van der Waals surface area (Å²) in [6.45, 7) is 6.25. The average molecular weight is 257 g/mol. The molecule has 2 aromatic heterocycles. The van der Waals surface area contributed by atoms with Crippen molar-refractivity contribution in [1.29, 1.82) is 0 Å². The van der Waals surface area contributed by atoms with Gasteiger partial charge in [-0.2, -0.15) is 0 Å². The van der Waals surface area contributed by atoms with Gasteiger partial charge in [0, 0.05) is 18.8 Å². The minimum atomic E-state index is -0.0193. The number of hydrogen-bond donors (Lipinski definition) is 1. The lowest BCUT2D eigenvalue weighted by Crippen LogP contribution is -2.22. The lowest BCUT2D eigenvalue weighted by Gasteiger charge is -2.07. The molecule has 0 saturated heterocycles. The molecule has 0 spiro atoms. The number of rotatable bonds is 4. The number of pyridine rings is 1. The van der Waals surface area contributed by atoms with Gasteiger partial charge in [-0.3, -0.25) is 9.20 Å². The van der Waals surface area contributed by atoms with Crippen LogP contribution in [0.15, 0.2) is 35.3 Å². The molecule has 1 saturated carbocycles. The molecule has 0 aliphatic heterocycles. The van der Waals surface area contributed by atoms with E-state index >= 15 is 0 Å². The van der Waals surface area contributed by atoms with E-state index in [1.54, 1.807) is 16.7 Å². The first-order valence-corrected chi connectivity index (χ1v) is 6.74. The van der Waals surface area contributed by atoms with E-state index in [1.807, 2.05) is 18.2 Å². The second-order valence-electron chi connectivity index (χ2n) is 6.04. The molecular formula is C15H19N3O. The maximum Gasteiger partial charge on any atom is 0.258 e. The molecule has 2 heterocycles.